The van der Waals surface area contributed by atoms with Gasteiger partial charge in [0, 0.05) is 38.3 Å². The largest absolute Gasteiger partial charge is 0.398 e. The minimum Gasteiger partial charge on any atom is -0.398 e. The Morgan fingerprint density at radius 2 is 2.10 bits per heavy atom. The molecule has 4 heteroatoms. The molecule has 1 heterocycles. The van der Waals surface area contributed by atoms with Gasteiger partial charge in [0.05, 0.1) is 0 Å². The Kier molecular flexibility index (Phi) is 5.62. The van der Waals surface area contributed by atoms with Crippen molar-refractivity contribution in [2.24, 2.45) is 0 Å². The highest BCUT2D eigenvalue weighted by Crippen LogP contribution is 2.24. The van der Waals surface area contributed by atoms with E-state index < -0.39 is 0 Å². The summed E-state index contributed by atoms with van der Waals surface area (Å²) in [5.41, 5.74) is 9.62. The molecule has 0 atom stereocenters. The van der Waals surface area contributed by atoms with Crippen molar-refractivity contribution < 1.29 is 4.79 Å². The lowest BCUT2D eigenvalue weighted by Crippen LogP contribution is -2.34. The number of carbonyl (C=O) groups excluding carboxylic acids is 1. The number of nitrogen functional groups attached to an aromatic ring is 1. The lowest BCUT2D eigenvalue weighted by Gasteiger charge is -2.29. The Bertz CT molecular complexity index is 483. The fourth-order valence-electron chi connectivity index (χ4n) is 3.04. The van der Waals surface area contributed by atoms with Gasteiger partial charge in [-0.15, -0.1) is 0 Å². The number of nitrogens with two attached hydrogens (primary N) is 1. The van der Waals surface area contributed by atoms with Crippen LogP contribution in [0.4, 0.5) is 5.69 Å². The zero-order valence-corrected chi connectivity index (χ0v) is 13.3. The maximum atomic E-state index is 12.0. The number of anilines is 1. The van der Waals surface area contributed by atoms with Crippen LogP contribution in [0.1, 0.15) is 37.8 Å². The summed E-state index contributed by atoms with van der Waals surface area (Å²) >= 11 is 0. The molecule has 0 aromatic heterocycles. The summed E-state index contributed by atoms with van der Waals surface area (Å²) in [6.07, 6.45) is 2.64. The monoisotopic (exact) mass is 289 g/mol. The number of nitrogens with zero attached hydrogens (tertiary/aromatic N) is 2. The average molecular weight is 289 g/mol. The van der Waals surface area contributed by atoms with Gasteiger partial charge >= 0.3 is 0 Å². The molecule has 0 fully saturated rings. The first-order valence-corrected chi connectivity index (χ1v) is 8.02. The third-order valence-electron chi connectivity index (χ3n) is 4.37. The Morgan fingerprint density at radius 1 is 1.33 bits per heavy atom. The molecule has 2 N–H and O–H groups in total. The van der Waals surface area contributed by atoms with Crippen LogP contribution in [0.25, 0.3) is 0 Å². The number of benzene rings is 1. The van der Waals surface area contributed by atoms with Gasteiger partial charge in [-0.25, -0.2) is 0 Å². The molecule has 1 aliphatic rings. The van der Waals surface area contributed by atoms with E-state index in [1.807, 2.05) is 30.9 Å². The topological polar surface area (TPSA) is 49.6 Å². The Balaban J connectivity index is 1.81. The predicted molar refractivity (Wildman–Crippen MR) is 87.0 cm³/mol. The van der Waals surface area contributed by atoms with Crippen LogP contribution in [0.2, 0.25) is 0 Å². The Hall–Kier alpha value is -1.55. The van der Waals surface area contributed by atoms with Gasteiger partial charge in [0.25, 0.3) is 0 Å². The fraction of sp³-hybridized carbons (Fsp3) is 0.588. The van der Waals surface area contributed by atoms with Gasteiger partial charge in [-0.1, -0.05) is 12.1 Å². The van der Waals surface area contributed by atoms with Gasteiger partial charge in [-0.3, -0.25) is 9.69 Å². The van der Waals surface area contributed by atoms with Gasteiger partial charge in [0.2, 0.25) is 5.91 Å². The van der Waals surface area contributed by atoms with Crippen molar-refractivity contribution in [3.63, 3.8) is 0 Å². The number of hydrogen-bond donors (Lipinski definition) is 1. The van der Waals surface area contributed by atoms with E-state index >= 15 is 0 Å². The highest BCUT2D eigenvalue weighted by molar-refractivity contribution is 5.76. The first-order chi connectivity index (χ1) is 10.2. The summed E-state index contributed by atoms with van der Waals surface area (Å²) in [5.74, 6) is 0.275. The molecule has 21 heavy (non-hydrogen) atoms. The van der Waals surface area contributed by atoms with Crippen molar-refractivity contribution in [2.75, 3.05) is 31.9 Å². The van der Waals surface area contributed by atoms with E-state index in [9.17, 15) is 4.79 Å². The molecule has 0 saturated carbocycles. The molecule has 1 aliphatic heterocycles. The van der Waals surface area contributed by atoms with Gasteiger partial charge in [0.1, 0.15) is 0 Å². The van der Waals surface area contributed by atoms with Crippen molar-refractivity contribution in [3.05, 3.63) is 29.3 Å². The highest BCUT2D eigenvalue weighted by Gasteiger charge is 2.18. The van der Waals surface area contributed by atoms with E-state index in [4.69, 9.17) is 5.73 Å². The third kappa shape index (κ3) is 3.97. The molecule has 0 bridgehead atoms. The van der Waals surface area contributed by atoms with E-state index in [0.717, 1.165) is 51.3 Å². The SMILES string of the molecule is CCN(CC)C(=O)CCCN1CCc2cccc(N)c2C1. The number of hydrogen-bond acceptors (Lipinski definition) is 3. The van der Waals surface area contributed by atoms with Crippen molar-refractivity contribution >= 4 is 11.6 Å². The second-order valence-corrected chi connectivity index (χ2v) is 5.68. The van der Waals surface area contributed by atoms with Crippen molar-refractivity contribution in [1.29, 1.82) is 0 Å². The molecule has 0 aliphatic carbocycles. The third-order valence-corrected chi connectivity index (χ3v) is 4.37. The standard InChI is InChI=1S/C17H27N3O/c1-3-20(4-2)17(21)9-6-11-19-12-10-14-7-5-8-16(18)15(14)13-19/h5,7-8H,3-4,6,9-13,18H2,1-2H3. The number of fused-ring (bicyclic) bond motifs is 1. The lowest BCUT2D eigenvalue weighted by atomic mass is 9.98. The van der Waals surface area contributed by atoms with Gasteiger partial charge < -0.3 is 10.6 Å². The van der Waals surface area contributed by atoms with Crippen LogP contribution in [0, 0.1) is 0 Å². The van der Waals surface area contributed by atoms with Crippen molar-refractivity contribution in [1.82, 2.24) is 9.80 Å². The normalized spacial score (nSPS) is 14.8. The van der Waals surface area contributed by atoms with Crippen LogP contribution >= 0.6 is 0 Å². The zero-order valence-electron chi connectivity index (χ0n) is 13.3. The van der Waals surface area contributed by atoms with Gasteiger partial charge in [0.15, 0.2) is 0 Å². The molecule has 2 rings (SSSR count). The summed E-state index contributed by atoms with van der Waals surface area (Å²) in [6, 6.07) is 6.19. The number of rotatable bonds is 6. The van der Waals surface area contributed by atoms with E-state index in [-0.39, 0.29) is 5.91 Å². The molecule has 116 valence electrons. The highest BCUT2D eigenvalue weighted by atomic mass is 16.2. The summed E-state index contributed by atoms with van der Waals surface area (Å²) in [7, 11) is 0. The molecule has 1 aromatic rings. The van der Waals surface area contributed by atoms with Crippen LogP contribution in [0.15, 0.2) is 18.2 Å². The minimum absolute atomic E-state index is 0.275. The predicted octanol–water partition coefficient (Wildman–Crippen LogP) is 2.28. The molecule has 4 nitrogen and oxygen atoms in total. The average Bonchev–Trinajstić information content (AvgIpc) is 2.49. The summed E-state index contributed by atoms with van der Waals surface area (Å²) in [4.78, 5) is 16.3. The lowest BCUT2D eigenvalue weighted by molar-refractivity contribution is -0.131. The number of carbonyl (C=O) groups is 1. The molecule has 0 radical (unpaired) electrons. The van der Waals surface area contributed by atoms with E-state index in [2.05, 4.69) is 11.0 Å². The van der Waals surface area contributed by atoms with Crippen LogP contribution in [-0.4, -0.2) is 41.9 Å². The van der Waals surface area contributed by atoms with E-state index in [1.165, 1.54) is 11.1 Å². The van der Waals surface area contributed by atoms with Crippen LogP contribution in [0.3, 0.4) is 0 Å². The van der Waals surface area contributed by atoms with Gasteiger partial charge in [-0.05, 0) is 50.4 Å². The van der Waals surface area contributed by atoms with E-state index in [0.29, 0.717) is 6.42 Å². The second-order valence-electron chi connectivity index (χ2n) is 5.68. The van der Waals surface area contributed by atoms with Gasteiger partial charge in [-0.2, -0.15) is 0 Å². The quantitative estimate of drug-likeness (QED) is 0.817. The molecule has 1 aromatic carbocycles. The first-order valence-electron chi connectivity index (χ1n) is 8.02. The zero-order chi connectivity index (χ0) is 15.2. The first kappa shape index (κ1) is 15.8. The Labute approximate surface area is 127 Å². The number of amides is 1. The Morgan fingerprint density at radius 3 is 2.81 bits per heavy atom. The van der Waals surface area contributed by atoms with E-state index in [1.54, 1.807) is 0 Å². The molecular formula is C17H27N3O. The molecule has 0 spiro atoms. The summed E-state index contributed by atoms with van der Waals surface area (Å²) < 4.78 is 0. The van der Waals surface area contributed by atoms with Crippen LogP contribution in [0.5, 0.6) is 0 Å². The molecular weight excluding hydrogens is 262 g/mol. The summed E-state index contributed by atoms with van der Waals surface area (Å²) in [5, 5.41) is 0. The summed E-state index contributed by atoms with van der Waals surface area (Å²) in [6.45, 7) is 8.64. The van der Waals surface area contributed by atoms with Crippen molar-refractivity contribution in [2.45, 2.75) is 39.7 Å². The molecule has 0 saturated heterocycles. The maximum Gasteiger partial charge on any atom is 0.222 e. The smallest absolute Gasteiger partial charge is 0.222 e. The maximum absolute atomic E-state index is 12.0. The van der Waals surface area contributed by atoms with Crippen molar-refractivity contribution in [3.8, 4) is 0 Å². The van der Waals surface area contributed by atoms with Crippen LogP contribution in [-0.2, 0) is 17.8 Å². The molecule has 1 amide bonds. The molecule has 0 unspecified atom stereocenters. The minimum atomic E-state index is 0.275. The fourth-order valence-corrected chi connectivity index (χ4v) is 3.04. The second kappa shape index (κ2) is 7.46. The van der Waals surface area contributed by atoms with Crippen LogP contribution < -0.4 is 5.73 Å².